The molecule has 4 nitrogen and oxygen atoms in total. The van der Waals surface area contributed by atoms with Crippen LogP contribution >= 0.6 is 0 Å². The highest BCUT2D eigenvalue weighted by Gasteiger charge is 2.27. The fourth-order valence-corrected chi connectivity index (χ4v) is 3.18. The Bertz CT molecular complexity index is 469. The molecule has 2 rings (SSSR count). The van der Waals surface area contributed by atoms with Gasteiger partial charge < -0.3 is 5.32 Å². The van der Waals surface area contributed by atoms with Crippen molar-refractivity contribution in [3.63, 3.8) is 0 Å². The van der Waals surface area contributed by atoms with E-state index in [0.29, 0.717) is 26.2 Å². The summed E-state index contributed by atoms with van der Waals surface area (Å²) in [5, 5.41) is 3.05. The summed E-state index contributed by atoms with van der Waals surface area (Å²) in [6.07, 6.45) is 0. The average Bonchev–Trinajstić information content (AvgIpc) is 2.30. The molecule has 88 valence electrons. The highest BCUT2D eigenvalue weighted by Crippen LogP contribution is 2.18. The molecule has 1 N–H and O–H groups in total. The van der Waals surface area contributed by atoms with Crippen LogP contribution in [0, 0.1) is 5.82 Å². The molecule has 1 fully saturated rings. The summed E-state index contributed by atoms with van der Waals surface area (Å²) < 4.78 is 38.9. The second-order valence-corrected chi connectivity index (χ2v) is 5.49. The lowest BCUT2D eigenvalue weighted by molar-refractivity contribution is 0.358. The van der Waals surface area contributed by atoms with Crippen LogP contribution in [0.15, 0.2) is 29.2 Å². The molecular weight excluding hydrogens is 231 g/mol. The molecule has 1 saturated heterocycles. The number of hydrogen-bond donors (Lipinski definition) is 1. The topological polar surface area (TPSA) is 49.4 Å². The van der Waals surface area contributed by atoms with E-state index in [4.69, 9.17) is 0 Å². The lowest BCUT2D eigenvalue weighted by atomic mass is 10.3. The molecule has 6 heteroatoms. The molecule has 1 aromatic carbocycles. The van der Waals surface area contributed by atoms with Gasteiger partial charge >= 0.3 is 0 Å². The van der Waals surface area contributed by atoms with Crippen LogP contribution in [0.3, 0.4) is 0 Å². The van der Waals surface area contributed by atoms with E-state index in [1.165, 1.54) is 22.5 Å². The summed E-state index contributed by atoms with van der Waals surface area (Å²) in [7, 11) is -3.67. The molecule has 0 radical (unpaired) electrons. The monoisotopic (exact) mass is 244 g/mol. The number of piperazine rings is 1. The van der Waals surface area contributed by atoms with E-state index in [0.717, 1.165) is 6.07 Å². The van der Waals surface area contributed by atoms with Gasteiger partial charge in [0.15, 0.2) is 0 Å². The molecular formula is C10H13FN2O2S. The molecule has 1 aromatic rings. The molecule has 1 aliphatic rings. The minimum atomic E-state index is -3.67. The Morgan fingerprint density at radius 1 is 1.19 bits per heavy atom. The minimum Gasteiger partial charge on any atom is -0.314 e. The third kappa shape index (κ3) is 2.09. The first-order valence-electron chi connectivity index (χ1n) is 5.08. The molecule has 1 heterocycles. The summed E-state index contributed by atoms with van der Waals surface area (Å²) in [6.45, 7) is 1.98. The van der Waals surface area contributed by atoms with Crippen molar-refractivity contribution < 1.29 is 12.8 Å². The number of benzene rings is 1. The van der Waals surface area contributed by atoms with Crippen LogP contribution in [0.25, 0.3) is 0 Å². The molecule has 0 aliphatic carbocycles. The third-order valence-corrected chi connectivity index (χ3v) is 4.46. The van der Waals surface area contributed by atoms with Gasteiger partial charge in [-0.2, -0.15) is 4.31 Å². The minimum absolute atomic E-state index is 0.239. The number of rotatable bonds is 2. The van der Waals surface area contributed by atoms with E-state index in [2.05, 4.69) is 5.32 Å². The molecule has 0 spiro atoms. The number of nitrogens with zero attached hydrogens (tertiary/aromatic N) is 1. The second kappa shape index (κ2) is 4.48. The fraction of sp³-hybridized carbons (Fsp3) is 0.400. The van der Waals surface area contributed by atoms with Crippen molar-refractivity contribution in [2.24, 2.45) is 0 Å². The Hall–Kier alpha value is -0.980. The highest BCUT2D eigenvalue weighted by molar-refractivity contribution is 7.89. The third-order valence-electron chi connectivity index (χ3n) is 2.53. The smallest absolute Gasteiger partial charge is 0.246 e. The Balaban J connectivity index is 2.35. The van der Waals surface area contributed by atoms with Crippen LogP contribution in [0.1, 0.15) is 0 Å². The number of hydrogen-bond acceptors (Lipinski definition) is 3. The van der Waals surface area contributed by atoms with E-state index in [1.54, 1.807) is 0 Å². The first-order chi connectivity index (χ1) is 7.62. The normalized spacial score (nSPS) is 18.6. The Morgan fingerprint density at radius 3 is 2.44 bits per heavy atom. The predicted molar refractivity (Wildman–Crippen MR) is 58.0 cm³/mol. The quantitative estimate of drug-likeness (QED) is 0.820. The van der Waals surface area contributed by atoms with E-state index in [-0.39, 0.29) is 4.90 Å². The van der Waals surface area contributed by atoms with Gasteiger partial charge in [-0.15, -0.1) is 0 Å². The summed E-state index contributed by atoms with van der Waals surface area (Å²) in [5.41, 5.74) is 0. The highest BCUT2D eigenvalue weighted by atomic mass is 32.2. The van der Waals surface area contributed by atoms with Crippen LogP contribution in [-0.2, 0) is 10.0 Å². The summed E-state index contributed by atoms with van der Waals surface area (Å²) in [4.78, 5) is -0.239. The molecule has 1 aliphatic heterocycles. The van der Waals surface area contributed by atoms with Crippen molar-refractivity contribution in [2.75, 3.05) is 26.2 Å². The number of nitrogens with one attached hydrogen (secondary N) is 1. The van der Waals surface area contributed by atoms with E-state index >= 15 is 0 Å². The molecule has 0 amide bonds. The lowest BCUT2D eigenvalue weighted by Gasteiger charge is -2.26. The molecule has 0 saturated carbocycles. The maximum Gasteiger partial charge on any atom is 0.246 e. The summed E-state index contributed by atoms with van der Waals surface area (Å²) in [5.74, 6) is -0.693. The standard InChI is InChI=1S/C10H13FN2O2S/c11-9-3-1-2-4-10(9)16(14,15)13-7-5-12-6-8-13/h1-4,12H,5-8H2. The second-order valence-electron chi connectivity index (χ2n) is 3.58. The van der Waals surface area contributed by atoms with Crippen molar-refractivity contribution in [1.29, 1.82) is 0 Å². The molecule has 0 unspecified atom stereocenters. The van der Waals surface area contributed by atoms with Crippen molar-refractivity contribution in [1.82, 2.24) is 9.62 Å². The largest absolute Gasteiger partial charge is 0.314 e. The van der Waals surface area contributed by atoms with Crippen molar-refractivity contribution in [3.05, 3.63) is 30.1 Å². The van der Waals surface area contributed by atoms with Crippen LogP contribution in [0.4, 0.5) is 4.39 Å². The molecule has 16 heavy (non-hydrogen) atoms. The molecule has 0 atom stereocenters. The van der Waals surface area contributed by atoms with Crippen LogP contribution < -0.4 is 5.32 Å². The summed E-state index contributed by atoms with van der Waals surface area (Å²) in [6, 6.07) is 5.46. The Morgan fingerprint density at radius 2 is 1.81 bits per heavy atom. The van der Waals surface area contributed by atoms with Crippen molar-refractivity contribution >= 4 is 10.0 Å². The van der Waals surface area contributed by atoms with Gasteiger partial charge in [-0.1, -0.05) is 12.1 Å². The zero-order chi connectivity index (χ0) is 11.6. The number of sulfonamides is 1. The fourth-order valence-electron chi connectivity index (χ4n) is 1.68. The van der Waals surface area contributed by atoms with Gasteiger partial charge in [0.2, 0.25) is 10.0 Å². The first kappa shape index (κ1) is 11.5. The van der Waals surface area contributed by atoms with Crippen molar-refractivity contribution in [2.45, 2.75) is 4.90 Å². The van der Waals surface area contributed by atoms with Crippen molar-refractivity contribution in [3.8, 4) is 0 Å². The van der Waals surface area contributed by atoms with Gasteiger partial charge in [0.25, 0.3) is 0 Å². The van der Waals surface area contributed by atoms with Crippen LogP contribution in [0.5, 0.6) is 0 Å². The van der Waals surface area contributed by atoms with Gasteiger partial charge in [-0.25, -0.2) is 12.8 Å². The molecule has 0 aromatic heterocycles. The maximum absolute atomic E-state index is 13.4. The summed E-state index contributed by atoms with van der Waals surface area (Å²) >= 11 is 0. The van der Waals surface area contributed by atoms with Gasteiger partial charge in [-0.3, -0.25) is 0 Å². The SMILES string of the molecule is O=S(=O)(c1ccccc1F)N1CCNCC1. The Kier molecular flexibility index (Phi) is 3.22. The zero-order valence-corrected chi connectivity index (χ0v) is 9.50. The number of halogens is 1. The van der Waals surface area contributed by atoms with E-state index in [1.807, 2.05) is 0 Å². The van der Waals surface area contributed by atoms with Gasteiger partial charge in [0.05, 0.1) is 0 Å². The first-order valence-corrected chi connectivity index (χ1v) is 6.52. The van der Waals surface area contributed by atoms with Gasteiger partial charge in [0.1, 0.15) is 10.7 Å². The average molecular weight is 244 g/mol. The van der Waals surface area contributed by atoms with E-state index in [9.17, 15) is 12.8 Å². The van der Waals surface area contributed by atoms with E-state index < -0.39 is 15.8 Å². The molecule has 0 bridgehead atoms. The zero-order valence-electron chi connectivity index (χ0n) is 8.69. The Labute approximate surface area is 94.1 Å². The van der Waals surface area contributed by atoms with Gasteiger partial charge in [-0.05, 0) is 12.1 Å². The van der Waals surface area contributed by atoms with Gasteiger partial charge in [0, 0.05) is 26.2 Å². The van der Waals surface area contributed by atoms with Crippen LogP contribution in [0.2, 0.25) is 0 Å². The predicted octanol–water partition coefficient (Wildman–Crippen LogP) is 0.420. The maximum atomic E-state index is 13.4. The lowest BCUT2D eigenvalue weighted by Crippen LogP contribution is -2.46. The van der Waals surface area contributed by atoms with Crippen LogP contribution in [-0.4, -0.2) is 38.9 Å².